The van der Waals surface area contributed by atoms with Crippen LogP contribution < -0.4 is 10.9 Å². The lowest BCUT2D eigenvalue weighted by atomic mass is 10.1. The van der Waals surface area contributed by atoms with E-state index in [1.54, 1.807) is 16.3 Å². The van der Waals surface area contributed by atoms with E-state index >= 15 is 0 Å². The molecule has 0 radical (unpaired) electrons. The molecule has 3 aromatic rings. The molecule has 0 atom stereocenters. The SMILES string of the molecule is CCCN(CC(=O)Nc1ccc(Cl)cc1C(F)(F)F)Cc1nc2ccsc2c(=O)[nH]1. The van der Waals surface area contributed by atoms with E-state index in [2.05, 4.69) is 15.3 Å². The van der Waals surface area contributed by atoms with Crippen molar-refractivity contribution in [3.8, 4) is 0 Å². The Kier molecular flexibility index (Phi) is 6.79. The normalized spacial score (nSPS) is 11.9. The minimum atomic E-state index is -4.66. The molecule has 0 fully saturated rings. The molecule has 3 rings (SSSR count). The molecule has 0 aliphatic carbocycles. The monoisotopic (exact) mass is 458 g/mol. The average molecular weight is 459 g/mol. The maximum atomic E-state index is 13.2. The number of alkyl halides is 3. The van der Waals surface area contributed by atoms with E-state index in [4.69, 9.17) is 11.6 Å². The van der Waals surface area contributed by atoms with Crippen molar-refractivity contribution in [2.45, 2.75) is 26.1 Å². The van der Waals surface area contributed by atoms with Crippen LogP contribution in [0.3, 0.4) is 0 Å². The van der Waals surface area contributed by atoms with Gasteiger partial charge in [-0.15, -0.1) is 11.3 Å². The highest BCUT2D eigenvalue weighted by atomic mass is 35.5. The van der Waals surface area contributed by atoms with Crippen LogP contribution in [0.5, 0.6) is 0 Å². The van der Waals surface area contributed by atoms with Gasteiger partial charge in [-0.3, -0.25) is 14.5 Å². The number of hydrogen-bond acceptors (Lipinski definition) is 5. The number of carbonyl (C=O) groups is 1. The number of amides is 1. The molecule has 2 heterocycles. The zero-order valence-electron chi connectivity index (χ0n) is 15.8. The third-order valence-corrected chi connectivity index (χ3v) is 5.34. The van der Waals surface area contributed by atoms with Gasteiger partial charge in [0.2, 0.25) is 5.91 Å². The van der Waals surface area contributed by atoms with E-state index in [9.17, 15) is 22.8 Å². The highest BCUT2D eigenvalue weighted by Crippen LogP contribution is 2.36. The minimum Gasteiger partial charge on any atom is -0.324 e. The van der Waals surface area contributed by atoms with Crippen molar-refractivity contribution in [2.24, 2.45) is 0 Å². The van der Waals surface area contributed by atoms with Crippen LogP contribution in [0.25, 0.3) is 10.2 Å². The number of benzene rings is 1. The van der Waals surface area contributed by atoms with Gasteiger partial charge in [-0.25, -0.2) is 4.98 Å². The summed E-state index contributed by atoms with van der Waals surface area (Å²) in [6.45, 7) is 2.41. The molecule has 0 spiro atoms. The number of hydrogen-bond donors (Lipinski definition) is 2. The Hall–Kier alpha value is -2.43. The van der Waals surface area contributed by atoms with Crippen molar-refractivity contribution in [1.29, 1.82) is 0 Å². The highest BCUT2D eigenvalue weighted by Gasteiger charge is 2.34. The Labute approximate surface area is 178 Å². The van der Waals surface area contributed by atoms with Gasteiger partial charge in [0.25, 0.3) is 5.56 Å². The number of H-pyrrole nitrogens is 1. The summed E-state index contributed by atoms with van der Waals surface area (Å²) in [5.74, 6) is -0.232. The number of thiophene rings is 1. The second-order valence-corrected chi connectivity index (χ2v) is 7.95. The number of halogens is 4. The Morgan fingerprint density at radius 1 is 1.33 bits per heavy atom. The summed E-state index contributed by atoms with van der Waals surface area (Å²) >= 11 is 6.95. The summed E-state index contributed by atoms with van der Waals surface area (Å²) in [4.78, 5) is 33.3. The summed E-state index contributed by atoms with van der Waals surface area (Å²) in [5, 5.41) is 3.99. The number of fused-ring (bicyclic) bond motifs is 1. The number of rotatable bonds is 7. The fraction of sp³-hybridized carbons (Fsp3) is 0.316. The second kappa shape index (κ2) is 9.15. The smallest absolute Gasteiger partial charge is 0.324 e. The predicted octanol–water partition coefficient (Wildman–Crippen LogP) is 4.51. The molecular formula is C19H18ClF3N4O2S. The van der Waals surface area contributed by atoms with Crippen LogP contribution in [-0.2, 0) is 17.5 Å². The summed E-state index contributed by atoms with van der Waals surface area (Å²) < 4.78 is 40.2. The van der Waals surface area contributed by atoms with Crippen molar-refractivity contribution < 1.29 is 18.0 Å². The number of nitrogens with one attached hydrogen (secondary N) is 2. The van der Waals surface area contributed by atoms with E-state index in [0.717, 1.165) is 12.1 Å². The van der Waals surface area contributed by atoms with Crippen LogP contribution >= 0.6 is 22.9 Å². The zero-order chi connectivity index (χ0) is 21.9. The quantitative estimate of drug-likeness (QED) is 0.546. The molecule has 0 unspecified atom stereocenters. The maximum absolute atomic E-state index is 13.2. The molecular weight excluding hydrogens is 441 g/mol. The second-order valence-electron chi connectivity index (χ2n) is 6.59. The standard InChI is InChI=1S/C19H18ClF3N4O2S/c1-2-6-27(9-15-24-14-5-7-30-17(14)18(29)26-15)10-16(28)25-13-4-3-11(20)8-12(13)19(21,22)23/h3-5,7-8H,2,6,9-10H2,1H3,(H,25,28)(H,24,26,29). The average Bonchev–Trinajstić information content (AvgIpc) is 3.11. The molecule has 11 heteroatoms. The van der Waals surface area contributed by atoms with Crippen molar-refractivity contribution in [2.75, 3.05) is 18.4 Å². The van der Waals surface area contributed by atoms with Gasteiger partial charge in [-0.2, -0.15) is 13.2 Å². The van der Waals surface area contributed by atoms with Crippen LogP contribution in [0.4, 0.5) is 18.9 Å². The topological polar surface area (TPSA) is 78.1 Å². The molecule has 1 amide bonds. The maximum Gasteiger partial charge on any atom is 0.418 e. The van der Waals surface area contributed by atoms with Crippen molar-refractivity contribution >= 4 is 44.7 Å². The molecule has 0 aliphatic rings. The fourth-order valence-corrected chi connectivity index (χ4v) is 3.89. The van der Waals surface area contributed by atoms with Gasteiger partial charge in [0, 0.05) is 5.02 Å². The third-order valence-electron chi connectivity index (χ3n) is 4.21. The van der Waals surface area contributed by atoms with Crippen LogP contribution in [0.2, 0.25) is 5.02 Å². The van der Waals surface area contributed by atoms with Gasteiger partial charge in [0.1, 0.15) is 10.5 Å². The van der Waals surface area contributed by atoms with Gasteiger partial charge in [-0.05, 0) is 42.6 Å². The first-order valence-corrected chi connectivity index (χ1v) is 10.3. The van der Waals surface area contributed by atoms with Gasteiger partial charge >= 0.3 is 6.18 Å². The summed E-state index contributed by atoms with van der Waals surface area (Å²) in [5.41, 5.74) is -1.07. The molecule has 30 heavy (non-hydrogen) atoms. The number of carbonyl (C=O) groups excluding carboxylic acids is 1. The first-order valence-electron chi connectivity index (χ1n) is 9.02. The van der Waals surface area contributed by atoms with Crippen LogP contribution in [0, 0.1) is 0 Å². The lowest BCUT2D eigenvalue weighted by Crippen LogP contribution is -2.34. The number of anilines is 1. The lowest BCUT2D eigenvalue weighted by Gasteiger charge is -2.21. The van der Waals surface area contributed by atoms with E-state index in [1.165, 1.54) is 17.4 Å². The Bertz CT molecular complexity index is 1110. The first kappa shape index (κ1) is 22.3. The Balaban J connectivity index is 1.75. The van der Waals surface area contributed by atoms with Crippen molar-refractivity contribution in [3.63, 3.8) is 0 Å². The van der Waals surface area contributed by atoms with E-state index in [1.807, 2.05) is 6.92 Å². The van der Waals surface area contributed by atoms with Gasteiger partial charge in [0.15, 0.2) is 0 Å². The molecule has 0 saturated carbocycles. The number of aromatic amines is 1. The summed E-state index contributed by atoms with van der Waals surface area (Å²) in [6.07, 6.45) is -3.96. The Morgan fingerprint density at radius 3 is 2.80 bits per heavy atom. The molecule has 0 bridgehead atoms. The lowest BCUT2D eigenvalue weighted by molar-refractivity contribution is -0.137. The molecule has 2 aromatic heterocycles. The van der Waals surface area contributed by atoms with Crippen LogP contribution in [0.1, 0.15) is 24.7 Å². The van der Waals surface area contributed by atoms with Gasteiger partial charge in [-0.1, -0.05) is 18.5 Å². The largest absolute Gasteiger partial charge is 0.418 e. The highest BCUT2D eigenvalue weighted by molar-refractivity contribution is 7.17. The summed E-state index contributed by atoms with van der Waals surface area (Å²) in [6, 6.07) is 4.90. The molecule has 2 N–H and O–H groups in total. The molecule has 0 saturated heterocycles. The van der Waals surface area contributed by atoms with Crippen LogP contribution in [-0.4, -0.2) is 33.9 Å². The first-order chi connectivity index (χ1) is 14.2. The minimum absolute atomic E-state index is 0.0771. The number of aromatic nitrogens is 2. The fourth-order valence-electron chi connectivity index (χ4n) is 2.99. The molecule has 1 aromatic carbocycles. The predicted molar refractivity (Wildman–Crippen MR) is 111 cm³/mol. The van der Waals surface area contributed by atoms with Crippen molar-refractivity contribution in [3.05, 3.63) is 56.4 Å². The third kappa shape index (κ3) is 5.38. The zero-order valence-corrected chi connectivity index (χ0v) is 17.4. The van der Waals surface area contributed by atoms with Gasteiger partial charge < -0.3 is 10.3 Å². The van der Waals surface area contributed by atoms with E-state index in [0.29, 0.717) is 29.0 Å². The molecule has 160 valence electrons. The van der Waals surface area contributed by atoms with Crippen molar-refractivity contribution in [1.82, 2.24) is 14.9 Å². The molecule has 0 aliphatic heterocycles. The van der Waals surface area contributed by atoms with E-state index in [-0.39, 0.29) is 29.4 Å². The molecule has 6 nitrogen and oxygen atoms in total. The summed E-state index contributed by atoms with van der Waals surface area (Å²) in [7, 11) is 0. The van der Waals surface area contributed by atoms with E-state index < -0.39 is 17.6 Å². The van der Waals surface area contributed by atoms with Gasteiger partial charge in [0.05, 0.1) is 29.9 Å². The Morgan fingerprint density at radius 2 is 2.10 bits per heavy atom. The van der Waals surface area contributed by atoms with Crippen LogP contribution in [0.15, 0.2) is 34.4 Å². The number of nitrogens with zero attached hydrogens (tertiary/aromatic N) is 2.